The maximum absolute atomic E-state index is 12.7. The minimum atomic E-state index is -0.189. The Morgan fingerprint density at radius 3 is 3.00 bits per heavy atom. The lowest BCUT2D eigenvalue weighted by atomic mass is 10.1. The second-order valence-electron chi connectivity index (χ2n) is 5.79. The summed E-state index contributed by atoms with van der Waals surface area (Å²) in [7, 11) is 0. The van der Waals surface area contributed by atoms with Crippen molar-refractivity contribution in [3.63, 3.8) is 0 Å². The van der Waals surface area contributed by atoms with Gasteiger partial charge in [0.2, 0.25) is 0 Å². The number of pyridine rings is 1. The Kier molecular flexibility index (Phi) is 4.57. The Morgan fingerprint density at radius 2 is 2.22 bits per heavy atom. The monoisotopic (exact) mass is 311 g/mol. The van der Waals surface area contributed by atoms with E-state index < -0.39 is 0 Å². The molecule has 1 atom stereocenters. The van der Waals surface area contributed by atoms with Crippen LogP contribution in [0.15, 0.2) is 42.6 Å². The third-order valence-corrected chi connectivity index (χ3v) is 4.23. The third-order valence-electron chi connectivity index (χ3n) is 4.23. The number of aliphatic hydroxyl groups is 1. The van der Waals surface area contributed by atoms with Crippen LogP contribution in [0.4, 0.5) is 10.5 Å². The molecule has 2 N–H and O–H groups in total. The van der Waals surface area contributed by atoms with Crippen LogP contribution >= 0.6 is 0 Å². The number of fused-ring (bicyclic) bond motifs is 1. The van der Waals surface area contributed by atoms with Crippen molar-refractivity contribution in [2.45, 2.75) is 25.8 Å². The Labute approximate surface area is 136 Å². The summed E-state index contributed by atoms with van der Waals surface area (Å²) in [4.78, 5) is 18.5. The summed E-state index contributed by atoms with van der Waals surface area (Å²) in [5.74, 6) is 0. The summed E-state index contributed by atoms with van der Waals surface area (Å²) >= 11 is 0. The molecule has 1 unspecified atom stereocenters. The molecule has 3 rings (SSSR count). The number of nitrogens with one attached hydrogen (secondary N) is 1. The Hall–Kier alpha value is -2.40. The topological polar surface area (TPSA) is 65.5 Å². The van der Waals surface area contributed by atoms with Crippen LogP contribution in [0.2, 0.25) is 0 Å². The molecule has 0 radical (unpaired) electrons. The molecule has 2 aromatic rings. The first kappa shape index (κ1) is 15.5. The predicted octanol–water partition coefficient (Wildman–Crippen LogP) is 2.90. The fraction of sp³-hybridized carbons (Fsp3) is 0.333. The van der Waals surface area contributed by atoms with E-state index in [2.05, 4.69) is 22.4 Å². The van der Waals surface area contributed by atoms with E-state index in [0.29, 0.717) is 6.54 Å². The van der Waals surface area contributed by atoms with E-state index >= 15 is 0 Å². The van der Waals surface area contributed by atoms with Gasteiger partial charge in [-0.1, -0.05) is 24.3 Å². The standard InChI is InChI=1S/C18H21N3O2/c1-13-12-15(8-9-19-13)20-18(23)21(10-11-22)17-7-6-14-4-2-3-5-16(14)17/h2-5,8-9,12,17,22H,6-7,10-11H2,1H3,(H,19,20,23). The van der Waals surface area contributed by atoms with Gasteiger partial charge in [-0.25, -0.2) is 4.79 Å². The first-order valence-electron chi connectivity index (χ1n) is 7.88. The number of rotatable bonds is 4. The van der Waals surface area contributed by atoms with Gasteiger partial charge < -0.3 is 15.3 Å². The first-order valence-corrected chi connectivity index (χ1v) is 7.88. The molecule has 2 amide bonds. The molecule has 0 fully saturated rings. The van der Waals surface area contributed by atoms with Crippen LogP contribution in [-0.2, 0) is 6.42 Å². The van der Waals surface area contributed by atoms with Gasteiger partial charge in [0, 0.05) is 24.1 Å². The van der Waals surface area contributed by atoms with Crippen molar-refractivity contribution >= 4 is 11.7 Å². The van der Waals surface area contributed by atoms with Crippen molar-refractivity contribution in [3.8, 4) is 0 Å². The van der Waals surface area contributed by atoms with Crippen molar-refractivity contribution in [1.82, 2.24) is 9.88 Å². The average molecular weight is 311 g/mol. The molecule has 1 aliphatic carbocycles. The molecule has 0 spiro atoms. The maximum atomic E-state index is 12.7. The van der Waals surface area contributed by atoms with Crippen LogP contribution in [0.3, 0.4) is 0 Å². The summed E-state index contributed by atoms with van der Waals surface area (Å²) in [5, 5.41) is 12.3. The molecular weight excluding hydrogens is 290 g/mol. The van der Waals surface area contributed by atoms with Gasteiger partial charge in [0.15, 0.2) is 0 Å². The normalized spacial score (nSPS) is 16.0. The van der Waals surface area contributed by atoms with Crippen molar-refractivity contribution in [3.05, 3.63) is 59.4 Å². The summed E-state index contributed by atoms with van der Waals surface area (Å²) in [6.07, 6.45) is 3.53. The molecule has 1 aliphatic rings. The Morgan fingerprint density at radius 1 is 1.39 bits per heavy atom. The van der Waals surface area contributed by atoms with E-state index in [1.165, 1.54) is 11.1 Å². The van der Waals surface area contributed by atoms with Gasteiger partial charge in [-0.15, -0.1) is 0 Å². The number of nitrogens with zero attached hydrogens (tertiary/aromatic N) is 2. The largest absolute Gasteiger partial charge is 0.395 e. The second-order valence-corrected chi connectivity index (χ2v) is 5.79. The average Bonchev–Trinajstić information content (AvgIpc) is 2.96. The van der Waals surface area contributed by atoms with Crippen LogP contribution in [0.25, 0.3) is 0 Å². The van der Waals surface area contributed by atoms with Gasteiger partial charge in [-0.05, 0) is 43.0 Å². The number of aryl methyl sites for hydroxylation is 2. The highest BCUT2D eigenvalue weighted by Crippen LogP contribution is 2.35. The van der Waals surface area contributed by atoms with E-state index in [1.807, 2.05) is 25.1 Å². The zero-order valence-corrected chi connectivity index (χ0v) is 13.2. The number of hydrogen-bond acceptors (Lipinski definition) is 3. The minimum Gasteiger partial charge on any atom is -0.395 e. The highest BCUT2D eigenvalue weighted by molar-refractivity contribution is 5.89. The molecule has 0 saturated carbocycles. The maximum Gasteiger partial charge on any atom is 0.322 e. The minimum absolute atomic E-state index is 0.0151. The smallest absolute Gasteiger partial charge is 0.322 e. The molecule has 1 aromatic heterocycles. The highest BCUT2D eigenvalue weighted by Gasteiger charge is 2.30. The quantitative estimate of drug-likeness (QED) is 0.912. The van der Waals surface area contributed by atoms with Crippen LogP contribution in [-0.4, -0.2) is 34.2 Å². The third kappa shape index (κ3) is 3.35. The fourth-order valence-electron chi connectivity index (χ4n) is 3.18. The lowest BCUT2D eigenvalue weighted by molar-refractivity contribution is 0.162. The molecule has 1 heterocycles. The predicted molar refractivity (Wildman–Crippen MR) is 89.3 cm³/mol. The summed E-state index contributed by atoms with van der Waals surface area (Å²) < 4.78 is 0. The van der Waals surface area contributed by atoms with E-state index in [9.17, 15) is 9.90 Å². The van der Waals surface area contributed by atoms with Gasteiger partial charge in [-0.3, -0.25) is 4.98 Å². The SMILES string of the molecule is Cc1cc(NC(=O)N(CCO)C2CCc3ccccc32)ccn1. The number of benzene rings is 1. The van der Waals surface area contributed by atoms with Crippen LogP contribution in [0, 0.1) is 6.92 Å². The van der Waals surface area contributed by atoms with E-state index in [1.54, 1.807) is 17.2 Å². The van der Waals surface area contributed by atoms with E-state index in [-0.39, 0.29) is 18.7 Å². The Bertz CT molecular complexity index is 702. The molecule has 23 heavy (non-hydrogen) atoms. The molecule has 120 valence electrons. The number of amides is 2. The van der Waals surface area contributed by atoms with Gasteiger partial charge in [0.25, 0.3) is 0 Å². The van der Waals surface area contributed by atoms with Gasteiger partial charge in [0.1, 0.15) is 0 Å². The van der Waals surface area contributed by atoms with Crippen LogP contribution < -0.4 is 5.32 Å². The van der Waals surface area contributed by atoms with Crippen molar-refractivity contribution in [2.75, 3.05) is 18.5 Å². The van der Waals surface area contributed by atoms with Crippen LogP contribution in [0.5, 0.6) is 0 Å². The molecule has 5 heteroatoms. The summed E-state index contributed by atoms with van der Waals surface area (Å²) in [6.45, 7) is 2.14. The lowest BCUT2D eigenvalue weighted by Crippen LogP contribution is -2.39. The molecule has 0 bridgehead atoms. The zero-order chi connectivity index (χ0) is 16.2. The highest BCUT2D eigenvalue weighted by atomic mass is 16.3. The number of aromatic nitrogens is 1. The number of hydrogen-bond donors (Lipinski definition) is 2. The zero-order valence-electron chi connectivity index (χ0n) is 13.2. The number of carbonyl (C=O) groups excluding carboxylic acids is 1. The van der Waals surface area contributed by atoms with E-state index in [0.717, 1.165) is 24.2 Å². The molecule has 0 saturated heterocycles. The molecule has 1 aromatic carbocycles. The first-order chi connectivity index (χ1) is 11.2. The van der Waals surface area contributed by atoms with Crippen LogP contribution in [0.1, 0.15) is 29.3 Å². The summed E-state index contributed by atoms with van der Waals surface area (Å²) in [5.41, 5.74) is 4.04. The van der Waals surface area contributed by atoms with Gasteiger partial charge in [-0.2, -0.15) is 0 Å². The number of anilines is 1. The molecule has 0 aliphatic heterocycles. The number of urea groups is 1. The molecular formula is C18H21N3O2. The van der Waals surface area contributed by atoms with Crippen molar-refractivity contribution in [1.29, 1.82) is 0 Å². The van der Waals surface area contributed by atoms with Crippen molar-refractivity contribution < 1.29 is 9.90 Å². The Balaban J connectivity index is 1.80. The lowest BCUT2D eigenvalue weighted by Gasteiger charge is -2.29. The fourth-order valence-corrected chi connectivity index (χ4v) is 3.18. The van der Waals surface area contributed by atoms with Gasteiger partial charge >= 0.3 is 6.03 Å². The second kappa shape index (κ2) is 6.79. The summed E-state index contributed by atoms with van der Waals surface area (Å²) in [6, 6.07) is 11.6. The van der Waals surface area contributed by atoms with Gasteiger partial charge in [0.05, 0.1) is 12.6 Å². The number of aliphatic hydroxyl groups excluding tert-OH is 1. The number of carbonyl (C=O) groups is 1. The van der Waals surface area contributed by atoms with Crippen molar-refractivity contribution in [2.24, 2.45) is 0 Å². The molecule has 5 nitrogen and oxygen atoms in total. The van der Waals surface area contributed by atoms with E-state index in [4.69, 9.17) is 0 Å².